The van der Waals surface area contributed by atoms with Crippen molar-refractivity contribution in [3.05, 3.63) is 0 Å². The molecule has 1 aliphatic rings. The molecule has 17 heavy (non-hydrogen) atoms. The first-order valence-electron chi connectivity index (χ1n) is 6.85. The van der Waals surface area contributed by atoms with Gasteiger partial charge in [0.1, 0.15) is 0 Å². The normalized spacial score (nSPS) is 22.6. The lowest BCUT2D eigenvalue weighted by Gasteiger charge is -2.19. The number of methoxy groups -OCH3 is 1. The molecule has 1 atom stereocenters. The summed E-state index contributed by atoms with van der Waals surface area (Å²) in [4.78, 5) is 2.56. The molecular formula is C13H28N2O2. The second-order valence-electron chi connectivity index (χ2n) is 4.80. The summed E-state index contributed by atoms with van der Waals surface area (Å²) in [7, 11) is 1.71. The van der Waals surface area contributed by atoms with E-state index in [0.717, 1.165) is 26.2 Å². The van der Waals surface area contributed by atoms with Gasteiger partial charge in [0.05, 0.1) is 13.2 Å². The molecule has 1 fully saturated rings. The van der Waals surface area contributed by atoms with Crippen molar-refractivity contribution in [1.82, 2.24) is 10.2 Å². The maximum Gasteiger partial charge on any atom is 0.0700 e. The van der Waals surface area contributed by atoms with Gasteiger partial charge in [0.2, 0.25) is 0 Å². The summed E-state index contributed by atoms with van der Waals surface area (Å²) < 4.78 is 10.4. The highest BCUT2D eigenvalue weighted by molar-refractivity contribution is 4.71. The Bertz CT molecular complexity index is 179. The standard InChI is InChI=1S/C13H28N2O2/c1-13-5-8-15(9-6-14-13)7-3-4-10-17-12-11-16-2/h13-14H,3-12H2,1-2H3. The van der Waals surface area contributed by atoms with Crippen molar-refractivity contribution in [2.45, 2.75) is 32.2 Å². The molecule has 0 spiro atoms. The van der Waals surface area contributed by atoms with Crippen LogP contribution in [0.3, 0.4) is 0 Å². The summed E-state index contributed by atoms with van der Waals surface area (Å²) in [6.07, 6.45) is 3.66. The monoisotopic (exact) mass is 244 g/mol. The maximum atomic E-state index is 5.45. The molecule has 0 aromatic heterocycles. The molecule has 1 heterocycles. The number of nitrogens with one attached hydrogen (secondary N) is 1. The third-order valence-electron chi connectivity index (χ3n) is 3.24. The van der Waals surface area contributed by atoms with E-state index in [-0.39, 0.29) is 0 Å². The Balaban J connectivity index is 1.91. The van der Waals surface area contributed by atoms with Crippen molar-refractivity contribution in [3.8, 4) is 0 Å². The van der Waals surface area contributed by atoms with Gasteiger partial charge < -0.3 is 19.7 Å². The first-order valence-corrected chi connectivity index (χ1v) is 6.85. The lowest BCUT2D eigenvalue weighted by molar-refractivity contribution is 0.0677. The third kappa shape index (κ3) is 7.71. The Hall–Kier alpha value is -0.160. The Kier molecular flexibility index (Phi) is 8.61. The van der Waals surface area contributed by atoms with E-state index in [1.807, 2.05) is 0 Å². The van der Waals surface area contributed by atoms with E-state index in [0.29, 0.717) is 12.6 Å². The van der Waals surface area contributed by atoms with Crippen LogP contribution < -0.4 is 5.32 Å². The van der Waals surface area contributed by atoms with Crippen LogP contribution in [0.5, 0.6) is 0 Å². The topological polar surface area (TPSA) is 33.7 Å². The molecule has 4 nitrogen and oxygen atoms in total. The van der Waals surface area contributed by atoms with Crippen LogP contribution in [0.25, 0.3) is 0 Å². The Labute approximate surface area is 106 Å². The average Bonchev–Trinajstić information content (AvgIpc) is 2.53. The van der Waals surface area contributed by atoms with E-state index in [9.17, 15) is 0 Å². The van der Waals surface area contributed by atoms with E-state index in [2.05, 4.69) is 17.1 Å². The van der Waals surface area contributed by atoms with Gasteiger partial charge in [0.25, 0.3) is 0 Å². The molecule has 1 unspecified atom stereocenters. The second-order valence-corrected chi connectivity index (χ2v) is 4.80. The predicted octanol–water partition coefficient (Wildman–Crippen LogP) is 1.11. The van der Waals surface area contributed by atoms with Crippen molar-refractivity contribution in [3.63, 3.8) is 0 Å². The van der Waals surface area contributed by atoms with Crippen LogP contribution in [0.4, 0.5) is 0 Å². The Morgan fingerprint density at radius 1 is 1.18 bits per heavy atom. The molecule has 0 radical (unpaired) electrons. The summed E-state index contributed by atoms with van der Waals surface area (Å²) in [6.45, 7) is 9.33. The summed E-state index contributed by atoms with van der Waals surface area (Å²) in [5.41, 5.74) is 0. The van der Waals surface area contributed by atoms with Crippen LogP contribution in [0.15, 0.2) is 0 Å². The molecule has 0 aromatic rings. The third-order valence-corrected chi connectivity index (χ3v) is 3.24. The number of unbranched alkanes of at least 4 members (excludes halogenated alkanes) is 1. The second kappa shape index (κ2) is 9.83. The molecule has 0 amide bonds. The zero-order valence-corrected chi connectivity index (χ0v) is 11.4. The van der Waals surface area contributed by atoms with E-state index in [1.54, 1.807) is 7.11 Å². The van der Waals surface area contributed by atoms with Crippen molar-refractivity contribution >= 4 is 0 Å². The molecule has 1 aliphatic heterocycles. The smallest absolute Gasteiger partial charge is 0.0700 e. The highest BCUT2D eigenvalue weighted by atomic mass is 16.5. The van der Waals surface area contributed by atoms with E-state index in [4.69, 9.17) is 9.47 Å². The van der Waals surface area contributed by atoms with Crippen molar-refractivity contribution in [2.24, 2.45) is 0 Å². The molecule has 0 saturated carbocycles. The van der Waals surface area contributed by atoms with Gasteiger partial charge in [-0.1, -0.05) is 0 Å². The average molecular weight is 244 g/mol. The van der Waals surface area contributed by atoms with Gasteiger partial charge >= 0.3 is 0 Å². The van der Waals surface area contributed by atoms with Crippen LogP contribution in [0.1, 0.15) is 26.2 Å². The molecule has 0 aliphatic carbocycles. The minimum absolute atomic E-state index is 0.678. The van der Waals surface area contributed by atoms with Crippen LogP contribution in [-0.4, -0.2) is 64.1 Å². The van der Waals surface area contributed by atoms with Crippen LogP contribution >= 0.6 is 0 Å². The van der Waals surface area contributed by atoms with E-state index in [1.165, 1.54) is 32.5 Å². The van der Waals surface area contributed by atoms with Crippen molar-refractivity contribution in [1.29, 1.82) is 0 Å². The Morgan fingerprint density at radius 3 is 2.88 bits per heavy atom. The first-order chi connectivity index (χ1) is 8.33. The van der Waals surface area contributed by atoms with Gasteiger partial charge in [-0.3, -0.25) is 0 Å². The van der Waals surface area contributed by atoms with Crippen molar-refractivity contribution in [2.75, 3.05) is 53.1 Å². The number of ether oxygens (including phenoxy) is 2. The molecular weight excluding hydrogens is 216 g/mol. The van der Waals surface area contributed by atoms with E-state index < -0.39 is 0 Å². The fourth-order valence-corrected chi connectivity index (χ4v) is 2.07. The van der Waals surface area contributed by atoms with Gasteiger partial charge in [-0.15, -0.1) is 0 Å². The van der Waals surface area contributed by atoms with Gasteiger partial charge in [-0.25, -0.2) is 0 Å². The minimum Gasteiger partial charge on any atom is -0.382 e. The number of hydrogen-bond donors (Lipinski definition) is 1. The zero-order chi connectivity index (χ0) is 12.3. The van der Waals surface area contributed by atoms with Crippen LogP contribution in [0.2, 0.25) is 0 Å². The molecule has 0 aromatic carbocycles. The summed E-state index contributed by atoms with van der Waals surface area (Å²) in [6, 6.07) is 0.678. The summed E-state index contributed by atoms with van der Waals surface area (Å²) >= 11 is 0. The lowest BCUT2D eigenvalue weighted by Crippen LogP contribution is -2.29. The predicted molar refractivity (Wildman–Crippen MR) is 70.5 cm³/mol. The molecule has 1 rings (SSSR count). The zero-order valence-electron chi connectivity index (χ0n) is 11.4. The number of nitrogens with zero attached hydrogens (tertiary/aromatic N) is 1. The van der Waals surface area contributed by atoms with Gasteiger partial charge in [0.15, 0.2) is 0 Å². The number of rotatable bonds is 8. The quantitative estimate of drug-likeness (QED) is 0.649. The minimum atomic E-state index is 0.678. The Morgan fingerprint density at radius 2 is 2.06 bits per heavy atom. The van der Waals surface area contributed by atoms with E-state index >= 15 is 0 Å². The van der Waals surface area contributed by atoms with Gasteiger partial charge in [-0.05, 0) is 39.3 Å². The fourth-order valence-electron chi connectivity index (χ4n) is 2.07. The highest BCUT2D eigenvalue weighted by Gasteiger charge is 2.11. The SMILES string of the molecule is COCCOCCCCN1CCNC(C)CC1. The van der Waals surface area contributed by atoms with Gasteiger partial charge in [-0.2, -0.15) is 0 Å². The molecule has 1 N–H and O–H groups in total. The highest BCUT2D eigenvalue weighted by Crippen LogP contribution is 2.03. The summed E-state index contributed by atoms with van der Waals surface area (Å²) in [5, 5.41) is 3.52. The number of hydrogen-bond acceptors (Lipinski definition) is 4. The van der Waals surface area contributed by atoms with Crippen molar-refractivity contribution < 1.29 is 9.47 Å². The molecule has 1 saturated heterocycles. The lowest BCUT2D eigenvalue weighted by atomic mass is 10.2. The van der Waals surface area contributed by atoms with Gasteiger partial charge in [0, 0.05) is 32.8 Å². The first kappa shape index (κ1) is 14.9. The molecule has 0 bridgehead atoms. The van der Waals surface area contributed by atoms with Crippen LogP contribution in [0, 0.1) is 0 Å². The maximum absolute atomic E-state index is 5.45. The largest absolute Gasteiger partial charge is 0.382 e. The van der Waals surface area contributed by atoms with Crippen LogP contribution in [-0.2, 0) is 9.47 Å². The molecule has 102 valence electrons. The molecule has 4 heteroatoms. The fraction of sp³-hybridized carbons (Fsp3) is 1.00. The summed E-state index contributed by atoms with van der Waals surface area (Å²) in [5.74, 6) is 0.